The van der Waals surface area contributed by atoms with Crippen LogP contribution >= 0.6 is 0 Å². The van der Waals surface area contributed by atoms with E-state index in [0.29, 0.717) is 6.54 Å². The van der Waals surface area contributed by atoms with Crippen LogP contribution in [0.15, 0.2) is 0 Å². The SMILES string of the molecule is O=C1CC(S(=O)(=O)F)CN1CCCCN1CCOCC1. The molecule has 0 bridgehead atoms. The van der Waals surface area contributed by atoms with Crippen LogP contribution in [0.3, 0.4) is 0 Å². The lowest BCUT2D eigenvalue weighted by molar-refractivity contribution is -0.127. The van der Waals surface area contributed by atoms with E-state index in [2.05, 4.69) is 4.90 Å². The average Bonchev–Trinajstić information content (AvgIpc) is 2.77. The maximum Gasteiger partial charge on any atom is 0.307 e. The normalized spacial score (nSPS) is 25.4. The molecule has 0 radical (unpaired) electrons. The molecule has 1 amide bonds. The van der Waals surface area contributed by atoms with E-state index in [1.165, 1.54) is 4.90 Å². The fraction of sp³-hybridized carbons (Fsp3) is 0.917. The lowest BCUT2D eigenvalue weighted by Crippen LogP contribution is -2.37. The summed E-state index contributed by atoms with van der Waals surface area (Å²) in [4.78, 5) is 15.4. The van der Waals surface area contributed by atoms with Crippen molar-refractivity contribution in [2.75, 3.05) is 45.9 Å². The van der Waals surface area contributed by atoms with E-state index in [0.717, 1.165) is 45.7 Å². The minimum Gasteiger partial charge on any atom is -0.379 e. The average molecular weight is 308 g/mol. The molecule has 2 rings (SSSR count). The molecule has 0 saturated carbocycles. The van der Waals surface area contributed by atoms with Gasteiger partial charge in [-0.3, -0.25) is 9.69 Å². The third-order valence-corrected chi connectivity index (χ3v) is 4.95. The predicted molar refractivity (Wildman–Crippen MR) is 71.5 cm³/mol. The molecule has 20 heavy (non-hydrogen) atoms. The Balaban J connectivity index is 1.65. The number of hydrogen-bond acceptors (Lipinski definition) is 5. The van der Waals surface area contributed by atoms with Gasteiger partial charge in [0, 0.05) is 32.6 Å². The number of halogens is 1. The Morgan fingerprint density at radius 1 is 1.20 bits per heavy atom. The van der Waals surface area contributed by atoms with Crippen molar-refractivity contribution in [1.82, 2.24) is 9.80 Å². The number of carbonyl (C=O) groups is 1. The number of hydrogen-bond donors (Lipinski definition) is 0. The van der Waals surface area contributed by atoms with E-state index in [-0.39, 0.29) is 18.9 Å². The summed E-state index contributed by atoms with van der Waals surface area (Å²) in [5.41, 5.74) is 0. The molecule has 0 aromatic heterocycles. The summed E-state index contributed by atoms with van der Waals surface area (Å²) in [6.07, 6.45) is 1.53. The standard InChI is InChI=1S/C12H21FN2O4S/c13-20(17,18)11-9-12(16)15(10-11)4-2-1-3-14-5-7-19-8-6-14/h11H,1-10H2. The van der Waals surface area contributed by atoms with Gasteiger partial charge in [-0.15, -0.1) is 3.89 Å². The molecule has 2 heterocycles. The van der Waals surface area contributed by atoms with E-state index in [9.17, 15) is 17.1 Å². The Hall–Kier alpha value is -0.730. The van der Waals surface area contributed by atoms with Crippen molar-refractivity contribution >= 4 is 16.1 Å². The molecule has 0 N–H and O–H groups in total. The first kappa shape index (κ1) is 15.7. The molecule has 0 aromatic carbocycles. The van der Waals surface area contributed by atoms with Crippen molar-refractivity contribution in [3.8, 4) is 0 Å². The van der Waals surface area contributed by atoms with E-state index in [1.807, 2.05) is 0 Å². The summed E-state index contributed by atoms with van der Waals surface area (Å²) < 4.78 is 39.7. The monoisotopic (exact) mass is 308 g/mol. The third kappa shape index (κ3) is 4.39. The number of rotatable bonds is 6. The van der Waals surface area contributed by atoms with Crippen LogP contribution in [0, 0.1) is 0 Å². The predicted octanol–water partition coefficient (Wildman–Crippen LogP) is -0.001000. The third-order valence-electron chi connectivity index (χ3n) is 3.83. The lowest BCUT2D eigenvalue weighted by Gasteiger charge is -2.26. The van der Waals surface area contributed by atoms with Crippen molar-refractivity contribution in [2.45, 2.75) is 24.5 Å². The molecular weight excluding hydrogens is 287 g/mol. The second-order valence-electron chi connectivity index (χ2n) is 5.30. The van der Waals surface area contributed by atoms with Crippen molar-refractivity contribution < 1.29 is 21.8 Å². The van der Waals surface area contributed by atoms with Gasteiger partial charge in [0.25, 0.3) is 0 Å². The molecule has 6 nitrogen and oxygen atoms in total. The molecule has 8 heteroatoms. The quantitative estimate of drug-likeness (QED) is 0.510. The Kier molecular flexibility index (Phi) is 5.34. The van der Waals surface area contributed by atoms with E-state index in [1.54, 1.807) is 0 Å². The Bertz CT molecular complexity index is 437. The Morgan fingerprint density at radius 2 is 1.85 bits per heavy atom. The van der Waals surface area contributed by atoms with Crippen LogP contribution in [-0.2, 0) is 19.8 Å². The topological polar surface area (TPSA) is 66.9 Å². The van der Waals surface area contributed by atoms with E-state index < -0.39 is 15.5 Å². The summed E-state index contributed by atoms with van der Waals surface area (Å²) in [7, 11) is -4.60. The first-order valence-corrected chi connectivity index (χ1v) is 8.43. The van der Waals surface area contributed by atoms with Gasteiger partial charge in [-0.05, 0) is 19.4 Å². The number of likely N-dealkylation sites (tertiary alicyclic amines) is 1. The minimum absolute atomic E-state index is 0.00474. The van der Waals surface area contributed by atoms with Crippen molar-refractivity contribution in [1.29, 1.82) is 0 Å². The maximum atomic E-state index is 12.8. The van der Waals surface area contributed by atoms with Crippen molar-refractivity contribution in [3.63, 3.8) is 0 Å². The maximum absolute atomic E-state index is 12.8. The lowest BCUT2D eigenvalue weighted by atomic mass is 10.2. The summed E-state index contributed by atoms with van der Waals surface area (Å²) in [5.74, 6) is -0.261. The molecule has 0 aliphatic carbocycles. The zero-order chi connectivity index (χ0) is 14.6. The summed E-state index contributed by atoms with van der Waals surface area (Å²) in [6, 6.07) is 0. The smallest absolute Gasteiger partial charge is 0.307 e. The van der Waals surface area contributed by atoms with Crippen LogP contribution < -0.4 is 0 Å². The minimum atomic E-state index is -4.60. The number of nitrogens with zero attached hydrogens (tertiary/aromatic N) is 2. The number of unbranched alkanes of at least 4 members (excludes halogenated alkanes) is 1. The number of carbonyl (C=O) groups excluding carboxylic acids is 1. The van der Waals surface area contributed by atoms with Gasteiger partial charge in [0.1, 0.15) is 5.25 Å². The zero-order valence-corrected chi connectivity index (χ0v) is 12.3. The highest BCUT2D eigenvalue weighted by molar-refractivity contribution is 7.87. The van der Waals surface area contributed by atoms with Crippen LogP contribution in [0.1, 0.15) is 19.3 Å². The highest BCUT2D eigenvalue weighted by Gasteiger charge is 2.37. The molecule has 116 valence electrons. The van der Waals surface area contributed by atoms with Gasteiger partial charge in [-0.1, -0.05) is 0 Å². The fourth-order valence-corrected chi connectivity index (χ4v) is 3.30. The second-order valence-corrected chi connectivity index (χ2v) is 6.92. The highest BCUT2D eigenvalue weighted by Crippen LogP contribution is 2.20. The van der Waals surface area contributed by atoms with E-state index >= 15 is 0 Å². The summed E-state index contributed by atoms with van der Waals surface area (Å²) >= 11 is 0. The van der Waals surface area contributed by atoms with Crippen molar-refractivity contribution in [3.05, 3.63) is 0 Å². The van der Waals surface area contributed by atoms with Gasteiger partial charge in [0.15, 0.2) is 0 Å². The summed E-state index contributed by atoms with van der Waals surface area (Å²) in [5, 5.41) is -1.17. The second kappa shape index (κ2) is 6.82. The highest BCUT2D eigenvalue weighted by atomic mass is 32.3. The van der Waals surface area contributed by atoms with Crippen LogP contribution in [-0.4, -0.2) is 75.3 Å². The number of ether oxygens (including phenoxy) is 1. The number of morpholine rings is 1. The van der Waals surface area contributed by atoms with Crippen LogP contribution in [0.5, 0.6) is 0 Å². The van der Waals surface area contributed by atoms with Gasteiger partial charge in [0.05, 0.1) is 13.2 Å². The molecule has 2 fully saturated rings. The van der Waals surface area contributed by atoms with Gasteiger partial charge in [-0.25, -0.2) is 0 Å². The molecule has 1 unspecified atom stereocenters. The van der Waals surface area contributed by atoms with Gasteiger partial charge < -0.3 is 9.64 Å². The van der Waals surface area contributed by atoms with Crippen LogP contribution in [0.4, 0.5) is 3.89 Å². The molecule has 1 atom stereocenters. The van der Waals surface area contributed by atoms with Crippen LogP contribution in [0.25, 0.3) is 0 Å². The molecule has 0 spiro atoms. The molecular formula is C12H21FN2O4S. The molecule has 2 saturated heterocycles. The molecule has 2 aliphatic rings. The van der Waals surface area contributed by atoms with Gasteiger partial charge >= 0.3 is 10.2 Å². The zero-order valence-electron chi connectivity index (χ0n) is 11.5. The largest absolute Gasteiger partial charge is 0.379 e. The molecule has 0 aromatic rings. The Labute approximate surface area is 119 Å². The molecule has 2 aliphatic heterocycles. The first-order valence-electron chi connectivity index (χ1n) is 6.98. The summed E-state index contributed by atoms with van der Waals surface area (Å²) in [6.45, 7) is 4.86. The fourth-order valence-electron chi connectivity index (χ4n) is 2.60. The van der Waals surface area contributed by atoms with Gasteiger partial charge in [-0.2, -0.15) is 8.42 Å². The van der Waals surface area contributed by atoms with Crippen molar-refractivity contribution in [2.24, 2.45) is 0 Å². The van der Waals surface area contributed by atoms with Gasteiger partial charge in [0.2, 0.25) is 5.91 Å². The van der Waals surface area contributed by atoms with Crippen LogP contribution in [0.2, 0.25) is 0 Å². The first-order chi connectivity index (χ1) is 9.47. The number of amides is 1. The van der Waals surface area contributed by atoms with E-state index in [4.69, 9.17) is 4.74 Å². The Morgan fingerprint density at radius 3 is 2.45 bits per heavy atom.